The first-order valence-corrected chi connectivity index (χ1v) is 10.4. The molecule has 0 atom stereocenters. The van der Waals surface area contributed by atoms with Gasteiger partial charge >= 0.3 is 0 Å². The molecule has 28 heavy (non-hydrogen) atoms. The van der Waals surface area contributed by atoms with Crippen LogP contribution in [0.2, 0.25) is 0 Å². The summed E-state index contributed by atoms with van der Waals surface area (Å²) in [7, 11) is 1.44. The Balaban J connectivity index is 1.65. The average molecular weight is 422 g/mol. The first-order valence-electron chi connectivity index (χ1n) is 8.43. The minimum atomic E-state index is -0.488. The van der Waals surface area contributed by atoms with Crippen molar-refractivity contribution < 1.29 is 18.9 Å². The van der Waals surface area contributed by atoms with Gasteiger partial charge in [-0.15, -0.1) is 23.5 Å². The number of nitro groups is 1. The van der Waals surface area contributed by atoms with E-state index in [-0.39, 0.29) is 15.7 Å². The van der Waals surface area contributed by atoms with Gasteiger partial charge in [0.05, 0.1) is 40.4 Å². The molecule has 2 aromatic rings. The number of nitro benzene ring substituents is 1. The normalized spacial score (nSPS) is 15.6. The molecular formula is C18H19N3O5S2. The number of amides is 1. The number of methoxy groups -OCH3 is 1. The number of furan rings is 1. The van der Waals surface area contributed by atoms with Crippen LogP contribution in [0.5, 0.6) is 5.75 Å². The van der Waals surface area contributed by atoms with Crippen molar-refractivity contribution in [2.24, 2.45) is 5.10 Å². The van der Waals surface area contributed by atoms with Crippen molar-refractivity contribution in [3.8, 4) is 17.1 Å². The van der Waals surface area contributed by atoms with Crippen LogP contribution in [0, 0.1) is 10.1 Å². The quantitative estimate of drug-likeness (QED) is 0.410. The van der Waals surface area contributed by atoms with E-state index in [1.807, 2.05) is 0 Å². The van der Waals surface area contributed by atoms with Gasteiger partial charge in [0.1, 0.15) is 17.3 Å². The highest BCUT2D eigenvalue weighted by molar-refractivity contribution is 8.21. The van der Waals surface area contributed by atoms with Crippen LogP contribution in [0.1, 0.15) is 19.1 Å². The fourth-order valence-corrected chi connectivity index (χ4v) is 5.55. The molecule has 0 radical (unpaired) electrons. The van der Waals surface area contributed by atoms with Gasteiger partial charge in [0, 0.05) is 17.6 Å². The Bertz CT molecular complexity index is 906. The number of thioether (sulfide) groups is 2. The summed E-state index contributed by atoms with van der Waals surface area (Å²) in [5.74, 6) is 3.21. The molecule has 0 unspecified atom stereocenters. The molecule has 148 valence electrons. The number of benzene rings is 1. The van der Waals surface area contributed by atoms with Gasteiger partial charge in [0.25, 0.3) is 5.69 Å². The number of carbonyl (C=O) groups is 1. The zero-order chi connectivity index (χ0) is 20.1. The highest BCUT2D eigenvalue weighted by Crippen LogP contribution is 2.45. The van der Waals surface area contributed by atoms with E-state index in [2.05, 4.69) is 17.5 Å². The molecule has 1 aromatic carbocycles. The maximum atomic E-state index is 12.0. The van der Waals surface area contributed by atoms with E-state index >= 15 is 0 Å². The maximum absolute atomic E-state index is 12.0. The molecule has 0 bridgehead atoms. The van der Waals surface area contributed by atoms with Gasteiger partial charge in [-0.05, 0) is 25.1 Å². The number of nitrogens with zero attached hydrogens (tertiary/aromatic N) is 2. The number of hydrogen-bond donors (Lipinski definition) is 1. The summed E-state index contributed by atoms with van der Waals surface area (Å²) in [6.07, 6.45) is 1.81. The van der Waals surface area contributed by atoms with Crippen LogP contribution in [0.3, 0.4) is 0 Å². The van der Waals surface area contributed by atoms with Crippen LogP contribution in [0.25, 0.3) is 11.3 Å². The van der Waals surface area contributed by atoms with Gasteiger partial charge in [-0.1, -0.05) is 0 Å². The lowest BCUT2D eigenvalue weighted by molar-refractivity contribution is -0.384. The van der Waals surface area contributed by atoms with E-state index in [0.29, 0.717) is 29.3 Å². The summed E-state index contributed by atoms with van der Waals surface area (Å²) in [4.78, 5) is 22.4. The van der Waals surface area contributed by atoms with Crippen molar-refractivity contribution >= 4 is 41.3 Å². The molecule has 0 spiro atoms. The molecule has 0 saturated carbocycles. The number of non-ortho nitro benzene ring substituents is 1. The predicted octanol–water partition coefficient (Wildman–Crippen LogP) is 3.90. The number of carbonyl (C=O) groups excluding carboxylic acids is 1. The summed E-state index contributed by atoms with van der Waals surface area (Å²) >= 11 is 3.58. The molecule has 1 fully saturated rings. The molecule has 1 aliphatic heterocycles. The van der Waals surface area contributed by atoms with E-state index in [0.717, 1.165) is 11.5 Å². The summed E-state index contributed by atoms with van der Waals surface area (Å²) < 4.78 is 10.8. The third kappa shape index (κ3) is 4.87. The third-order valence-corrected chi connectivity index (χ3v) is 7.34. The molecule has 3 rings (SSSR count). The number of hydrazone groups is 1. The van der Waals surface area contributed by atoms with Crippen LogP contribution < -0.4 is 10.2 Å². The van der Waals surface area contributed by atoms with Crippen LogP contribution >= 0.6 is 23.5 Å². The Morgan fingerprint density at radius 2 is 2.14 bits per heavy atom. The van der Waals surface area contributed by atoms with E-state index < -0.39 is 4.92 Å². The highest BCUT2D eigenvalue weighted by Gasteiger charge is 2.32. The summed E-state index contributed by atoms with van der Waals surface area (Å²) in [5.41, 5.74) is 3.04. The minimum Gasteiger partial charge on any atom is -0.496 e. The van der Waals surface area contributed by atoms with Gasteiger partial charge < -0.3 is 9.15 Å². The molecular weight excluding hydrogens is 402 g/mol. The lowest BCUT2D eigenvalue weighted by Crippen LogP contribution is -2.26. The van der Waals surface area contributed by atoms with E-state index in [4.69, 9.17) is 9.15 Å². The van der Waals surface area contributed by atoms with Crippen molar-refractivity contribution in [1.29, 1.82) is 0 Å². The van der Waals surface area contributed by atoms with Crippen molar-refractivity contribution in [1.82, 2.24) is 5.43 Å². The second-order valence-electron chi connectivity index (χ2n) is 6.14. The van der Waals surface area contributed by atoms with Gasteiger partial charge in [0.15, 0.2) is 0 Å². The highest BCUT2D eigenvalue weighted by atomic mass is 32.2. The largest absolute Gasteiger partial charge is 0.496 e. The van der Waals surface area contributed by atoms with Crippen molar-refractivity contribution in [3.05, 3.63) is 46.2 Å². The van der Waals surface area contributed by atoms with Crippen LogP contribution in [0.15, 0.2) is 39.9 Å². The van der Waals surface area contributed by atoms with Gasteiger partial charge in [-0.3, -0.25) is 14.9 Å². The van der Waals surface area contributed by atoms with Crippen LogP contribution in [0.4, 0.5) is 5.69 Å². The summed E-state index contributed by atoms with van der Waals surface area (Å²) in [6, 6.07) is 7.69. The molecule has 0 aliphatic carbocycles. The first-order chi connectivity index (χ1) is 13.4. The van der Waals surface area contributed by atoms with Crippen LogP contribution in [-0.4, -0.2) is 39.7 Å². The standard InChI is InChI=1S/C18H19N3O5S2/c1-18(27-7-8-28-18)10-17(22)20-19-11-13-4-6-15(26-13)14-5-3-12(21(23)24)9-16(14)25-2/h3-6,9,11H,7-8,10H2,1-2H3,(H,20,22). The monoisotopic (exact) mass is 421 g/mol. The van der Waals surface area contributed by atoms with Gasteiger partial charge in [0.2, 0.25) is 5.91 Å². The number of hydrogen-bond acceptors (Lipinski definition) is 8. The lowest BCUT2D eigenvalue weighted by atomic mass is 10.1. The number of rotatable bonds is 7. The van der Waals surface area contributed by atoms with Crippen molar-refractivity contribution in [2.75, 3.05) is 18.6 Å². The third-order valence-electron chi connectivity index (χ3n) is 4.05. The number of ether oxygens (including phenoxy) is 1. The van der Waals surface area contributed by atoms with Crippen molar-refractivity contribution in [3.63, 3.8) is 0 Å². The molecule has 1 aromatic heterocycles. The summed E-state index contributed by atoms with van der Waals surface area (Å²) in [6.45, 7) is 2.06. The van der Waals surface area contributed by atoms with E-state index in [1.54, 1.807) is 41.7 Å². The maximum Gasteiger partial charge on any atom is 0.273 e. The fraction of sp³-hybridized carbons (Fsp3) is 0.333. The Labute approximate surface area is 170 Å². The molecule has 8 nitrogen and oxygen atoms in total. The zero-order valence-electron chi connectivity index (χ0n) is 15.3. The van der Waals surface area contributed by atoms with E-state index in [1.165, 1.54) is 25.5 Å². The van der Waals surface area contributed by atoms with E-state index in [9.17, 15) is 14.9 Å². The molecule has 1 saturated heterocycles. The number of nitrogens with one attached hydrogen (secondary N) is 1. The van der Waals surface area contributed by atoms with Gasteiger partial charge in [-0.25, -0.2) is 5.43 Å². The molecule has 1 amide bonds. The minimum absolute atomic E-state index is 0.0658. The Morgan fingerprint density at radius 1 is 1.39 bits per heavy atom. The smallest absolute Gasteiger partial charge is 0.273 e. The topological polar surface area (TPSA) is 107 Å². The summed E-state index contributed by atoms with van der Waals surface area (Å²) in [5, 5.41) is 14.8. The second kappa shape index (κ2) is 8.70. The Kier molecular flexibility index (Phi) is 6.30. The zero-order valence-corrected chi connectivity index (χ0v) is 17.0. The Morgan fingerprint density at radius 3 is 2.82 bits per heavy atom. The molecule has 10 heteroatoms. The first kappa shape index (κ1) is 20.3. The van der Waals surface area contributed by atoms with Gasteiger partial charge in [-0.2, -0.15) is 5.10 Å². The molecule has 2 heterocycles. The van der Waals surface area contributed by atoms with Crippen LogP contribution in [-0.2, 0) is 4.79 Å². The molecule has 1 aliphatic rings. The SMILES string of the molecule is COc1cc([N+](=O)[O-])ccc1-c1ccc(C=NNC(=O)CC2(C)SCCS2)o1. The lowest BCUT2D eigenvalue weighted by Gasteiger charge is -2.19. The molecule has 1 N–H and O–H groups in total. The van der Waals surface area contributed by atoms with Crippen molar-refractivity contribution in [2.45, 2.75) is 17.4 Å². The predicted molar refractivity (Wildman–Crippen MR) is 111 cm³/mol. The second-order valence-corrected chi connectivity index (χ2v) is 9.60. The fourth-order valence-electron chi connectivity index (χ4n) is 2.72. The average Bonchev–Trinajstić information content (AvgIpc) is 3.30. The Hall–Kier alpha value is -2.46.